The van der Waals surface area contributed by atoms with Crippen LogP contribution in [-0.4, -0.2) is 26.3 Å². The van der Waals surface area contributed by atoms with Gasteiger partial charge in [0.1, 0.15) is 12.1 Å². The molecular weight excluding hydrogens is 276 g/mol. The summed E-state index contributed by atoms with van der Waals surface area (Å²) in [5.74, 6) is 0.923. The van der Waals surface area contributed by atoms with Crippen LogP contribution in [0.2, 0.25) is 0 Å². The van der Waals surface area contributed by atoms with Crippen LogP contribution in [0.5, 0.6) is 0 Å². The summed E-state index contributed by atoms with van der Waals surface area (Å²) in [4.78, 5) is 8.71. The minimum atomic E-state index is -0.235. The van der Waals surface area contributed by atoms with E-state index in [4.69, 9.17) is 5.26 Å². The second-order valence-electron chi connectivity index (χ2n) is 5.67. The summed E-state index contributed by atoms with van der Waals surface area (Å²) in [5, 5.41) is 17.0. The molecule has 1 aliphatic rings. The molecule has 0 radical (unpaired) electrons. The first-order valence-electron chi connectivity index (χ1n) is 7.74. The van der Waals surface area contributed by atoms with Gasteiger partial charge in [-0.05, 0) is 19.3 Å². The van der Waals surface area contributed by atoms with Crippen LogP contribution in [-0.2, 0) is 12.0 Å². The van der Waals surface area contributed by atoms with Crippen molar-refractivity contribution in [2.24, 2.45) is 0 Å². The maximum absolute atomic E-state index is 9.16. The summed E-state index contributed by atoms with van der Waals surface area (Å²) in [6, 6.07) is 2.30. The zero-order valence-corrected chi connectivity index (χ0v) is 13.0. The van der Waals surface area contributed by atoms with Gasteiger partial charge in [0.15, 0.2) is 0 Å². The number of hydrogen-bond donors (Lipinski definition) is 1. The first kappa shape index (κ1) is 14.5. The van der Waals surface area contributed by atoms with E-state index < -0.39 is 0 Å². The molecule has 0 atom stereocenters. The Kier molecular flexibility index (Phi) is 3.80. The minimum absolute atomic E-state index is 0.235. The van der Waals surface area contributed by atoms with E-state index in [0.29, 0.717) is 6.42 Å². The van der Waals surface area contributed by atoms with Gasteiger partial charge in [-0.1, -0.05) is 13.8 Å². The van der Waals surface area contributed by atoms with Crippen LogP contribution in [0.3, 0.4) is 0 Å². The van der Waals surface area contributed by atoms with Crippen LogP contribution < -0.4 is 5.32 Å². The molecule has 1 aliphatic heterocycles. The Balaban J connectivity index is 2.01. The summed E-state index contributed by atoms with van der Waals surface area (Å²) in [7, 11) is 0. The zero-order chi connectivity index (χ0) is 15.6. The summed E-state index contributed by atoms with van der Waals surface area (Å²) in [6.07, 6.45) is 8.60. The number of hydrogen-bond acceptors (Lipinski definition) is 5. The maximum atomic E-state index is 9.16. The fraction of sp³-hybridized carbons (Fsp3) is 0.500. The predicted octanol–water partition coefficient (Wildman–Crippen LogP) is 2.74. The van der Waals surface area contributed by atoms with Crippen molar-refractivity contribution in [2.45, 2.75) is 45.1 Å². The molecule has 0 saturated heterocycles. The SMILES string of the molecule is CCC(CC)(CC#N)n1cc(-c2ncnc3c2CCN3)cn1. The van der Waals surface area contributed by atoms with E-state index in [1.54, 1.807) is 6.33 Å². The molecule has 6 nitrogen and oxygen atoms in total. The number of rotatable bonds is 5. The molecule has 0 fully saturated rings. The molecule has 1 N–H and O–H groups in total. The molecule has 0 spiro atoms. The van der Waals surface area contributed by atoms with Gasteiger partial charge >= 0.3 is 0 Å². The van der Waals surface area contributed by atoms with Gasteiger partial charge in [-0.3, -0.25) is 4.68 Å². The van der Waals surface area contributed by atoms with Crippen LogP contribution in [0.4, 0.5) is 5.82 Å². The lowest BCUT2D eigenvalue weighted by Gasteiger charge is -2.29. The second-order valence-corrected chi connectivity index (χ2v) is 5.67. The molecular formula is C16H20N6. The minimum Gasteiger partial charge on any atom is -0.369 e. The second kappa shape index (κ2) is 5.76. The summed E-state index contributed by atoms with van der Waals surface area (Å²) >= 11 is 0. The molecule has 0 saturated carbocycles. The highest BCUT2D eigenvalue weighted by Gasteiger charge is 2.30. The molecule has 2 aromatic heterocycles. The van der Waals surface area contributed by atoms with E-state index >= 15 is 0 Å². The molecule has 2 aromatic rings. The van der Waals surface area contributed by atoms with Crippen molar-refractivity contribution in [3.63, 3.8) is 0 Å². The molecule has 0 aliphatic carbocycles. The van der Waals surface area contributed by atoms with Gasteiger partial charge in [0.2, 0.25) is 0 Å². The van der Waals surface area contributed by atoms with Crippen molar-refractivity contribution in [3.8, 4) is 17.3 Å². The van der Waals surface area contributed by atoms with Gasteiger partial charge in [-0.15, -0.1) is 0 Å². The quantitative estimate of drug-likeness (QED) is 0.917. The lowest BCUT2D eigenvalue weighted by molar-refractivity contribution is 0.240. The number of aromatic nitrogens is 4. The number of nitrogens with zero attached hydrogens (tertiary/aromatic N) is 5. The third-order valence-corrected chi connectivity index (χ3v) is 4.68. The summed E-state index contributed by atoms with van der Waals surface area (Å²) in [5.41, 5.74) is 2.85. The molecule has 0 unspecified atom stereocenters. The van der Waals surface area contributed by atoms with Gasteiger partial charge in [0.05, 0.1) is 29.9 Å². The number of fused-ring (bicyclic) bond motifs is 1. The topological polar surface area (TPSA) is 79.4 Å². The van der Waals surface area contributed by atoms with Gasteiger partial charge in [-0.25, -0.2) is 9.97 Å². The Morgan fingerprint density at radius 3 is 2.91 bits per heavy atom. The Labute approximate surface area is 130 Å². The number of nitriles is 1. The third-order valence-electron chi connectivity index (χ3n) is 4.68. The van der Waals surface area contributed by atoms with E-state index in [0.717, 1.165) is 48.4 Å². The first-order chi connectivity index (χ1) is 10.7. The standard InChI is InChI=1S/C16H20N6/c1-3-16(4-2,6-7-17)22-10-12(9-21-22)14-13-5-8-18-15(13)20-11-19-14/h9-11H,3-6,8H2,1-2H3,(H,18,19,20). The summed E-state index contributed by atoms with van der Waals surface area (Å²) < 4.78 is 1.95. The molecule has 22 heavy (non-hydrogen) atoms. The third kappa shape index (κ3) is 2.23. The van der Waals surface area contributed by atoms with E-state index in [2.05, 4.69) is 40.3 Å². The lowest BCUT2D eigenvalue weighted by Crippen LogP contribution is -2.32. The van der Waals surface area contributed by atoms with Crippen molar-refractivity contribution in [3.05, 3.63) is 24.3 Å². The van der Waals surface area contributed by atoms with Crippen LogP contribution in [0.1, 0.15) is 38.7 Å². The molecule has 3 rings (SSSR count). The highest BCUT2D eigenvalue weighted by atomic mass is 15.3. The smallest absolute Gasteiger partial charge is 0.133 e. The van der Waals surface area contributed by atoms with Crippen molar-refractivity contribution >= 4 is 5.82 Å². The van der Waals surface area contributed by atoms with Crippen molar-refractivity contribution in [2.75, 3.05) is 11.9 Å². The maximum Gasteiger partial charge on any atom is 0.133 e. The Bertz CT molecular complexity index is 708. The van der Waals surface area contributed by atoms with Crippen molar-refractivity contribution in [1.82, 2.24) is 19.7 Å². The summed E-state index contributed by atoms with van der Waals surface area (Å²) in [6.45, 7) is 5.11. The lowest BCUT2D eigenvalue weighted by atomic mass is 9.90. The number of anilines is 1. The van der Waals surface area contributed by atoms with Gasteiger partial charge in [0.25, 0.3) is 0 Å². The van der Waals surface area contributed by atoms with Crippen molar-refractivity contribution in [1.29, 1.82) is 5.26 Å². The fourth-order valence-corrected chi connectivity index (χ4v) is 3.11. The van der Waals surface area contributed by atoms with Crippen molar-refractivity contribution < 1.29 is 0 Å². The Morgan fingerprint density at radius 2 is 2.18 bits per heavy atom. The van der Waals surface area contributed by atoms with Gasteiger partial charge in [0, 0.05) is 23.9 Å². The van der Waals surface area contributed by atoms with Gasteiger partial charge < -0.3 is 5.32 Å². The first-order valence-corrected chi connectivity index (χ1v) is 7.74. The molecule has 0 bridgehead atoms. The average Bonchev–Trinajstić information content (AvgIpc) is 3.21. The number of nitrogens with one attached hydrogen (secondary N) is 1. The van der Waals surface area contributed by atoms with E-state index in [9.17, 15) is 0 Å². The predicted molar refractivity (Wildman–Crippen MR) is 84.2 cm³/mol. The van der Waals surface area contributed by atoms with E-state index in [1.165, 1.54) is 0 Å². The van der Waals surface area contributed by atoms with Crippen LogP contribution >= 0.6 is 0 Å². The van der Waals surface area contributed by atoms with Crippen LogP contribution in [0.15, 0.2) is 18.7 Å². The van der Waals surface area contributed by atoms with Crippen LogP contribution in [0, 0.1) is 11.3 Å². The van der Waals surface area contributed by atoms with E-state index in [-0.39, 0.29) is 5.54 Å². The molecule has 0 aromatic carbocycles. The molecule has 6 heteroatoms. The molecule has 114 valence electrons. The van der Waals surface area contributed by atoms with Crippen LogP contribution in [0.25, 0.3) is 11.3 Å². The Hall–Kier alpha value is -2.42. The molecule has 0 amide bonds. The highest BCUT2D eigenvalue weighted by Crippen LogP contribution is 2.33. The highest BCUT2D eigenvalue weighted by molar-refractivity contribution is 5.69. The largest absolute Gasteiger partial charge is 0.369 e. The zero-order valence-electron chi connectivity index (χ0n) is 13.0. The Morgan fingerprint density at radius 1 is 1.36 bits per heavy atom. The normalized spacial score (nSPS) is 13.5. The molecule has 3 heterocycles. The fourth-order valence-electron chi connectivity index (χ4n) is 3.11. The van der Waals surface area contributed by atoms with Gasteiger partial charge in [-0.2, -0.15) is 10.4 Å². The van der Waals surface area contributed by atoms with E-state index in [1.807, 2.05) is 17.1 Å². The average molecular weight is 296 g/mol. The monoisotopic (exact) mass is 296 g/mol.